The largest absolute Gasteiger partial charge is 0.481 e. The number of nitrogens with zero attached hydrogens (tertiary/aromatic N) is 1. The molecular weight excluding hydrogens is 162 g/mol. The first-order valence-corrected chi connectivity index (χ1v) is 3.67. The van der Waals surface area contributed by atoms with Crippen molar-refractivity contribution in [3.8, 4) is 0 Å². The zero-order valence-electron chi connectivity index (χ0n) is 6.73. The molecule has 0 bridgehead atoms. The summed E-state index contributed by atoms with van der Waals surface area (Å²) in [6, 6.07) is -0.560. The normalized spacial score (nSPS) is 29.5. The van der Waals surface area contributed by atoms with E-state index in [0.717, 1.165) is 0 Å². The number of likely N-dealkylation sites (tertiary alicyclic amines) is 1. The van der Waals surface area contributed by atoms with Gasteiger partial charge in [0, 0.05) is 13.5 Å². The fourth-order valence-corrected chi connectivity index (χ4v) is 1.42. The first kappa shape index (κ1) is 8.99. The zero-order chi connectivity index (χ0) is 9.30. The highest BCUT2D eigenvalue weighted by Gasteiger charge is 2.41. The van der Waals surface area contributed by atoms with Crippen molar-refractivity contribution in [2.45, 2.75) is 12.5 Å². The van der Waals surface area contributed by atoms with Gasteiger partial charge >= 0.3 is 5.97 Å². The molecule has 0 unspecified atom stereocenters. The Morgan fingerprint density at radius 3 is 2.67 bits per heavy atom. The van der Waals surface area contributed by atoms with Crippen molar-refractivity contribution in [3.05, 3.63) is 0 Å². The summed E-state index contributed by atoms with van der Waals surface area (Å²) in [4.78, 5) is 22.9. The molecule has 5 heteroatoms. The zero-order valence-corrected chi connectivity index (χ0v) is 6.73. The third kappa shape index (κ3) is 1.27. The van der Waals surface area contributed by atoms with Crippen LogP contribution in [0.5, 0.6) is 0 Å². The van der Waals surface area contributed by atoms with Gasteiger partial charge in [0.15, 0.2) is 0 Å². The van der Waals surface area contributed by atoms with E-state index >= 15 is 0 Å². The average molecular weight is 173 g/mol. The number of carbonyl (C=O) groups is 2. The van der Waals surface area contributed by atoms with Gasteiger partial charge in [-0.3, -0.25) is 9.59 Å². The number of amides is 1. The van der Waals surface area contributed by atoms with Crippen molar-refractivity contribution in [2.24, 2.45) is 5.92 Å². The molecule has 68 valence electrons. The third-order valence-corrected chi connectivity index (χ3v) is 2.25. The van der Waals surface area contributed by atoms with E-state index in [4.69, 9.17) is 10.2 Å². The molecule has 2 N–H and O–H groups in total. The van der Waals surface area contributed by atoms with Gasteiger partial charge in [0.1, 0.15) is 0 Å². The van der Waals surface area contributed by atoms with Gasteiger partial charge < -0.3 is 15.1 Å². The van der Waals surface area contributed by atoms with Gasteiger partial charge in [-0.15, -0.1) is 0 Å². The lowest BCUT2D eigenvalue weighted by atomic mass is 10.0. The second-order valence-electron chi connectivity index (χ2n) is 2.90. The van der Waals surface area contributed by atoms with Crippen molar-refractivity contribution >= 4 is 11.9 Å². The molecule has 1 fully saturated rings. The van der Waals surface area contributed by atoms with E-state index in [1.54, 1.807) is 0 Å². The molecule has 1 heterocycles. The minimum atomic E-state index is -1.02. The highest BCUT2D eigenvalue weighted by molar-refractivity contribution is 5.86. The molecule has 1 amide bonds. The number of carbonyl (C=O) groups excluding carboxylic acids is 1. The van der Waals surface area contributed by atoms with E-state index in [0.29, 0.717) is 0 Å². The molecule has 0 spiro atoms. The number of aliphatic hydroxyl groups excluding tert-OH is 1. The summed E-state index contributed by atoms with van der Waals surface area (Å²) in [6.45, 7) is -0.292. The van der Waals surface area contributed by atoms with E-state index in [2.05, 4.69) is 0 Å². The van der Waals surface area contributed by atoms with Gasteiger partial charge in [-0.1, -0.05) is 0 Å². The van der Waals surface area contributed by atoms with Crippen molar-refractivity contribution in [1.82, 2.24) is 4.90 Å². The number of rotatable bonds is 2. The Balaban J connectivity index is 2.78. The van der Waals surface area contributed by atoms with Crippen LogP contribution in [0, 0.1) is 5.92 Å². The second-order valence-corrected chi connectivity index (χ2v) is 2.90. The van der Waals surface area contributed by atoms with E-state index in [9.17, 15) is 9.59 Å². The van der Waals surface area contributed by atoms with Crippen molar-refractivity contribution < 1.29 is 19.8 Å². The minimum Gasteiger partial charge on any atom is -0.481 e. The summed E-state index contributed by atoms with van der Waals surface area (Å²) >= 11 is 0. The Kier molecular flexibility index (Phi) is 2.32. The van der Waals surface area contributed by atoms with Gasteiger partial charge in [0.2, 0.25) is 5.91 Å². The summed E-state index contributed by atoms with van der Waals surface area (Å²) < 4.78 is 0. The predicted molar refractivity (Wildman–Crippen MR) is 39.4 cm³/mol. The van der Waals surface area contributed by atoms with Gasteiger partial charge in [-0.05, 0) is 0 Å². The maximum absolute atomic E-state index is 11.0. The Bertz CT molecular complexity index is 215. The Hall–Kier alpha value is -1.10. The highest BCUT2D eigenvalue weighted by atomic mass is 16.4. The number of aliphatic carboxylic acids is 1. The molecule has 0 aromatic carbocycles. The predicted octanol–water partition coefficient (Wildman–Crippen LogP) is -1.09. The maximum Gasteiger partial charge on any atom is 0.309 e. The number of hydrogen-bond donors (Lipinski definition) is 2. The third-order valence-electron chi connectivity index (χ3n) is 2.25. The second kappa shape index (κ2) is 3.10. The molecule has 1 rings (SSSR count). The van der Waals surface area contributed by atoms with Crippen molar-refractivity contribution in [1.29, 1.82) is 0 Å². The quantitative estimate of drug-likeness (QED) is 0.556. The van der Waals surface area contributed by atoms with E-state index in [-0.39, 0.29) is 18.9 Å². The smallest absolute Gasteiger partial charge is 0.309 e. The molecule has 1 aliphatic rings. The maximum atomic E-state index is 11.0. The molecular formula is C7H11NO4. The summed E-state index contributed by atoms with van der Waals surface area (Å²) in [5.41, 5.74) is 0. The van der Waals surface area contributed by atoms with Crippen LogP contribution in [0.3, 0.4) is 0 Å². The lowest BCUT2D eigenvalue weighted by Gasteiger charge is -2.19. The van der Waals surface area contributed by atoms with Gasteiger partial charge in [0.25, 0.3) is 0 Å². The fraction of sp³-hybridized carbons (Fsp3) is 0.714. The van der Waals surface area contributed by atoms with Gasteiger partial charge in [-0.25, -0.2) is 0 Å². The molecule has 0 aliphatic carbocycles. The van der Waals surface area contributed by atoms with Gasteiger partial charge in [-0.2, -0.15) is 0 Å². The Labute approximate surface area is 69.6 Å². The van der Waals surface area contributed by atoms with E-state index < -0.39 is 17.9 Å². The molecule has 0 aromatic heterocycles. The van der Waals surface area contributed by atoms with Crippen molar-refractivity contribution in [2.75, 3.05) is 13.7 Å². The van der Waals surface area contributed by atoms with Gasteiger partial charge in [0.05, 0.1) is 18.6 Å². The Morgan fingerprint density at radius 1 is 1.75 bits per heavy atom. The van der Waals surface area contributed by atoms with E-state index in [1.807, 2.05) is 0 Å². The Morgan fingerprint density at radius 2 is 2.33 bits per heavy atom. The van der Waals surface area contributed by atoms with Crippen LogP contribution < -0.4 is 0 Å². The monoisotopic (exact) mass is 173 g/mol. The van der Waals surface area contributed by atoms with Crippen LogP contribution in [0.25, 0.3) is 0 Å². The fourth-order valence-electron chi connectivity index (χ4n) is 1.42. The number of carboxylic acids is 1. The van der Waals surface area contributed by atoms with Crippen LogP contribution in [-0.2, 0) is 9.59 Å². The molecule has 1 aliphatic heterocycles. The summed E-state index contributed by atoms with van der Waals surface area (Å²) in [7, 11) is 1.51. The summed E-state index contributed by atoms with van der Waals surface area (Å²) in [6.07, 6.45) is -0.00292. The van der Waals surface area contributed by atoms with Crippen LogP contribution in [-0.4, -0.2) is 46.7 Å². The molecule has 5 nitrogen and oxygen atoms in total. The number of aliphatic hydroxyl groups is 1. The number of carboxylic acid groups (broad SMARTS) is 1. The van der Waals surface area contributed by atoms with Crippen LogP contribution in [0.4, 0.5) is 0 Å². The average Bonchev–Trinajstić information content (AvgIpc) is 2.29. The lowest BCUT2D eigenvalue weighted by molar-refractivity contribution is -0.143. The summed E-state index contributed by atoms with van der Waals surface area (Å²) in [5, 5.41) is 17.5. The van der Waals surface area contributed by atoms with Crippen LogP contribution in [0.1, 0.15) is 6.42 Å². The standard InChI is InChI=1S/C7H11NO4/c1-8-5(3-9)4(7(11)12)2-6(8)10/h4-5,9H,2-3H2,1H3,(H,11,12)/t4-,5+/m0/s1. The summed E-state index contributed by atoms with van der Waals surface area (Å²) in [5.74, 6) is -2.00. The number of hydrogen-bond acceptors (Lipinski definition) is 3. The van der Waals surface area contributed by atoms with Crippen molar-refractivity contribution in [3.63, 3.8) is 0 Å². The topological polar surface area (TPSA) is 77.8 Å². The molecule has 0 saturated carbocycles. The van der Waals surface area contributed by atoms with Crippen LogP contribution >= 0.6 is 0 Å². The van der Waals surface area contributed by atoms with Crippen LogP contribution in [0.2, 0.25) is 0 Å². The molecule has 12 heavy (non-hydrogen) atoms. The number of likely N-dealkylation sites (N-methyl/N-ethyl adjacent to an activating group) is 1. The first-order chi connectivity index (χ1) is 5.57. The minimum absolute atomic E-state index is 0.00292. The molecule has 0 radical (unpaired) electrons. The van der Waals surface area contributed by atoms with E-state index in [1.165, 1.54) is 11.9 Å². The SMILES string of the molecule is CN1C(=O)C[C@H](C(=O)O)[C@H]1CO. The highest BCUT2D eigenvalue weighted by Crippen LogP contribution is 2.23. The lowest BCUT2D eigenvalue weighted by Crippen LogP contribution is -2.37. The molecule has 1 saturated heterocycles. The molecule has 2 atom stereocenters. The first-order valence-electron chi connectivity index (χ1n) is 3.67. The molecule has 0 aromatic rings. The van der Waals surface area contributed by atoms with Crippen LogP contribution in [0.15, 0.2) is 0 Å².